The van der Waals surface area contributed by atoms with E-state index in [-0.39, 0.29) is 18.7 Å². The van der Waals surface area contributed by atoms with Crippen molar-refractivity contribution in [3.63, 3.8) is 0 Å². The van der Waals surface area contributed by atoms with Crippen molar-refractivity contribution in [2.45, 2.75) is 32.0 Å². The molecule has 0 amide bonds. The minimum Gasteiger partial charge on any atom is -0.403 e. The summed E-state index contributed by atoms with van der Waals surface area (Å²) in [5.74, 6) is -2.39. The number of fused-ring (bicyclic) bond motifs is 1. The summed E-state index contributed by atoms with van der Waals surface area (Å²) in [6.45, 7) is 3.72. The molecule has 0 saturated carbocycles. The fraction of sp³-hybridized carbons (Fsp3) is 0.179. The Balaban J connectivity index is 1.49. The highest BCUT2D eigenvalue weighted by Crippen LogP contribution is 2.29. The number of aromatic nitrogens is 1. The van der Waals surface area contributed by atoms with Crippen molar-refractivity contribution in [3.05, 3.63) is 108 Å². The Morgan fingerprint density at radius 2 is 1.66 bits per heavy atom. The monoisotopic (exact) mass is 483 g/mol. The lowest BCUT2D eigenvalue weighted by molar-refractivity contribution is -0.275. The lowest BCUT2D eigenvalue weighted by Crippen LogP contribution is -2.18. The van der Waals surface area contributed by atoms with Crippen molar-refractivity contribution in [1.29, 1.82) is 0 Å². The van der Waals surface area contributed by atoms with Crippen LogP contribution >= 0.6 is 0 Å². The van der Waals surface area contributed by atoms with Gasteiger partial charge in [-0.15, -0.1) is 19.8 Å². The highest BCUT2D eigenvalue weighted by Gasteiger charge is 2.32. The van der Waals surface area contributed by atoms with Gasteiger partial charge >= 0.3 is 6.36 Å². The second kappa shape index (κ2) is 10.3. The zero-order valence-electron chi connectivity index (χ0n) is 18.7. The summed E-state index contributed by atoms with van der Waals surface area (Å²) in [6, 6.07) is 16.1. The maximum Gasteiger partial charge on any atom is 0.573 e. The first-order chi connectivity index (χ1) is 16.7. The van der Waals surface area contributed by atoms with E-state index < -0.39 is 17.9 Å². The Labute approximate surface area is 199 Å². The summed E-state index contributed by atoms with van der Waals surface area (Å²) in [4.78, 5) is 4.51. The van der Waals surface area contributed by atoms with Crippen LogP contribution in [0.15, 0.2) is 79.5 Å². The van der Waals surface area contributed by atoms with Crippen molar-refractivity contribution in [2.24, 2.45) is 0 Å². The predicted octanol–water partition coefficient (Wildman–Crippen LogP) is 7.98. The molecule has 180 valence electrons. The van der Waals surface area contributed by atoms with Gasteiger partial charge in [-0.25, -0.2) is 8.78 Å². The van der Waals surface area contributed by atoms with Gasteiger partial charge in [-0.2, -0.15) is 0 Å². The minimum atomic E-state index is -4.97. The van der Waals surface area contributed by atoms with E-state index in [0.29, 0.717) is 16.5 Å². The maximum absolute atomic E-state index is 15.2. The molecular formula is C28H22F5NO. The first kappa shape index (κ1) is 24.4. The number of hydrogen-bond donors (Lipinski definition) is 0. The molecular weight excluding hydrogens is 461 g/mol. The number of alkyl halides is 3. The molecule has 35 heavy (non-hydrogen) atoms. The van der Waals surface area contributed by atoms with Crippen LogP contribution in [0.3, 0.4) is 0 Å². The number of nitrogens with zero attached hydrogens (tertiary/aromatic N) is 1. The largest absolute Gasteiger partial charge is 0.573 e. The van der Waals surface area contributed by atoms with Gasteiger partial charge < -0.3 is 4.74 Å². The molecule has 0 bridgehead atoms. The van der Waals surface area contributed by atoms with Crippen LogP contribution in [0.25, 0.3) is 22.0 Å². The molecule has 4 aromatic rings. The Morgan fingerprint density at radius 1 is 0.857 bits per heavy atom. The molecule has 0 unspecified atom stereocenters. The van der Waals surface area contributed by atoms with Gasteiger partial charge in [-0.05, 0) is 72.0 Å². The summed E-state index contributed by atoms with van der Waals surface area (Å²) in [7, 11) is 0. The van der Waals surface area contributed by atoms with Crippen molar-refractivity contribution in [2.75, 3.05) is 0 Å². The number of rotatable bonds is 8. The lowest BCUT2D eigenvalue weighted by atomic mass is 9.98. The molecule has 0 radical (unpaired) electrons. The smallest absolute Gasteiger partial charge is 0.403 e. The van der Waals surface area contributed by atoms with Crippen LogP contribution < -0.4 is 4.74 Å². The number of halogens is 5. The molecule has 0 aliphatic carbocycles. The van der Waals surface area contributed by atoms with Gasteiger partial charge in [0.15, 0.2) is 11.6 Å². The van der Waals surface area contributed by atoms with Gasteiger partial charge in [-0.3, -0.25) is 4.98 Å². The molecule has 0 saturated heterocycles. The number of hydrogen-bond acceptors (Lipinski definition) is 2. The van der Waals surface area contributed by atoms with Crippen LogP contribution in [0, 0.1) is 11.6 Å². The highest BCUT2D eigenvalue weighted by molar-refractivity contribution is 5.88. The summed E-state index contributed by atoms with van der Waals surface area (Å²) in [6.07, 6.45) is 0.994. The van der Waals surface area contributed by atoms with E-state index in [1.807, 2.05) is 42.6 Å². The van der Waals surface area contributed by atoms with E-state index in [1.54, 1.807) is 12.1 Å². The van der Waals surface area contributed by atoms with E-state index >= 15 is 4.39 Å². The first-order valence-electron chi connectivity index (χ1n) is 11.0. The van der Waals surface area contributed by atoms with Crippen LogP contribution in [0.1, 0.15) is 23.1 Å². The molecule has 0 spiro atoms. The van der Waals surface area contributed by atoms with Gasteiger partial charge in [0.2, 0.25) is 0 Å². The SMILES string of the molecule is C=CCCc1ccc(-c2ccc3c(F)c(CCc4ccc(OC(F)(F)F)c(F)c4)ccc3c2)nc1. The third-order valence-electron chi connectivity index (χ3n) is 5.70. The normalized spacial score (nSPS) is 11.6. The van der Waals surface area contributed by atoms with Crippen molar-refractivity contribution < 1.29 is 26.7 Å². The van der Waals surface area contributed by atoms with Crippen molar-refractivity contribution >= 4 is 10.8 Å². The van der Waals surface area contributed by atoms with E-state index in [2.05, 4.69) is 16.3 Å². The third kappa shape index (κ3) is 6.04. The predicted molar refractivity (Wildman–Crippen MR) is 126 cm³/mol. The summed E-state index contributed by atoms with van der Waals surface area (Å²) < 4.78 is 69.7. The van der Waals surface area contributed by atoms with E-state index in [0.717, 1.165) is 47.2 Å². The topological polar surface area (TPSA) is 22.1 Å². The fourth-order valence-electron chi connectivity index (χ4n) is 3.89. The summed E-state index contributed by atoms with van der Waals surface area (Å²) in [5, 5.41) is 1.18. The highest BCUT2D eigenvalue weighted by atomic mass is 19.4. The lowest BCUT2D eigenvalue weighted by Gasteiger charge is -2.11. The van der Waals surface area contributed by atoms with Crippen molar-refractivity contribution in [1.82, 2.24) is 4.98 Å². The molecule has 0 atom stereocenters. The second-order valence-corrected chi connectivity index (χ2v) is 8.17. The zero-order chi connectivity index (χ0) is 25.0. The third-order valence-corrected chi connectivity index (χ3v) is 5.70. The maximum atomic E-state index is 15.2. The number of pyridine rings is 1. The molecule has 0 aliphatic heterocycles. The summed E-state index contributed by atoms with van der Waals surface area (Å²) in [5.41, 5.74) is 3.66. The van der Waals surface area contributed by atoms with Gasteiger partial charge in [0.1, 0.15) is 5.82 Å². The van der Waals surface area contributed by atoms with Crippen LogP contribution in [0.2, 0.25) is 0 Å². The molecule has 1 aromatic heterocycles. The van der Waals surface area contributed by atoms with Crippen LogP contribution in [-0.2, 0) is 19.3 Å². The molecule has 2 nitrogen and oxygen atoms in total. The Bertz CT molecular complexity index is 1350. The zero-order valence-corrected chi connectivity index (χ0v) is 18.7. The van der Waals surface area contributed by atoms with Crippen LogP contribution in [-0.4, -0.2) is 11.3 Å². The van der Waals surface area contributed by atoms with E-state index in [1.165, 1.54) is 6.07 Å². The second-order valence-electron chi connectivity index (χ2n) is 8.17. The van der Waals surface area contributed by atoms with Gasteiger partial charge in [0.25, 0.3) is 0 Å². The summed E-state index contributed by atoms with van der Waals surface area (Å²) >= 11 is 0. The Kier molecular flexibility index (Phi) is 7.15. The fourth-order valence-corrected chi connectivity index (χ4v) is 3.89. The van der Waals surface area contributed by atoms with Crippen LogP contribution in [0.5, 0.6) is 5.75 Å². The molecule has 1 heterocycles. The standard InChI is InChI=1S/C28H22F5NO/c1-2-3-4-19-6-13-25(34-17-19)22-11-12-23-21(16-22)10-9-20(27(23)30)8-5-18-7-14-26(24(29)15-18)35-28(31,32)33/h2,6-7,9-17H,1,3-5,8H2. The van der Waals surface area contributed by atoms with Gasteiger partial charge in [0, 0.05) is 17.1 Å². The number of allylic oxidation sites excluding steroid dienone is 1. The number of aryl methyl sites for hydroxylation is 3. The quantitative estimate of drug-likeness (QED) is 0.187. The van der Waals surface area contributed by atoms with Gasteiger partial charge in [-0.1, -0.05) is 42.5 Å². The minimum absolute atomic E-state index is 0.256. The first-order valence-corrected chi connectivity index (χ1v) is 11.0. The molecule has 7 heteroatoms. The van der Waals surface area contributed by atoms with E-state index in [9.17, 15) is 17.6 Å². The Hall–Kier alpha value is -3.74. The number of benzene rings is 3. The number of ether oxygens (including phenoxy) is 1. The Morgan fingerprint density at radius 3 is 2.34 bits per heavy atom. The average Bonchev–Trinajstić information content (AvgIpc) is 2.83. The molecule has 3 aromatic carbocycles. The van der Waals surface area contributed by atoms with Crippen LogP contribution in [0.4, 0.5) is 22.0 Å². The average molecular weight is 483 g/mol. The van der Waals surface area contributed by atoms with Gasteiger partial charge in [0.05, 0.1) is 5.69 Å². The molecule has 4 rings (SSSR count). The van der Waals surface area contributed by atoms with E-state index in [4.69, 9.17) is 0 Å². The molecule has 0 aliphatic rings. The van der Waals surface area contributed by atoms with Crippen molar-refractivity contribution in [3.8, 4) is 17.0 Å². The molecule has 0 fully saturated rings. The molecule has 0 N–H and O–H groups in total.